The van der Waals surface area contributed by atoms with Crippen molar-refractivity contribution in [3.63, 3.8) is 0 Å². The van der Waals surface area contributed by atoms with Crippen molar-refractivity contribution < 1.29 is 105 Å². The van der Waals surface area contributed by atoms with E-state index in [1.54, 1.807) is 45.9 Å². The fraction of sp³-hybridized carbons (Fsp3) is 0.560. The van der Waals surface area contributed by atoms with Crippen LogP contribution >= 0.6 is 0 Å². The third-order valence-electron chi connectivity index (χ3n) is 18.8. The van der Waals surface area contributed by atoms with Crippen LogP contribution in [0.15, 0.2) is 41.2 Å². The molecule has 0 bridgehead atoms. The summed E-state index contributed by atoms with van der Waals surface area (Å²) in [5.74, 6) is -1.47. The molecule has 1 unspecified atom stereocenters. The first-order valence-corrected chi connectivity index (χ1v) is 36.9. The monoisotopic (exact) mass is 1540 g/mol. The zero-order chi connectivity index (χ0) is 79.3. The van der Waals surface area contributed by atoms with E-state index in [-0.39, 0.29) is 127 Å². The molecule has 2 aromatic heterocycles. The highest BCUT2D eigenvalue weighted by molar-refractivity contribution is 5.99. The van der Waals surface area contributed by atoms with E-state index in [1.165, 1.54) is 29.8 Å². The van der Waals surface area contributed by atoms with E-state index >= 15 is 4.39 Å². The average Bonchev–Trinajstić information content (AvgIpc) is 1.52. The number of nitrogens with one attached hydrogen (secondary N) is 10. The van der Waals surface area contributed by atoms with Crippen LogP contribution < -0.4 is 58.7 Å². The lowest BCUT2D eigenvalue weighted by atomic mass is 9.81. The number of aliphatic carboxylic acids is 1. The third-order valence-corrected chi connectivity index (χ3v) is 18.8. The molecule has 0 spiro atoms. The highest BCUT2D eigenvalue weighted by atomic mass is 19.1. The van der Waals surface area contributed by atoms with Crippen molar-refractivity contribution in [2.24, 2.45) is 5.92 Å². The highest BCUT2D eigenvalue weighted by Gasteiger charge is 2.46. The molecule has 6 atom stereocenters. The summed E-state index contributed by atoms with van der Waals surface area (Å²) in [7, 11) is 1.42. The average molecular weight is 1540 g/mol. The Morgan fingerprint density at radius 3 is 2.17 bits per heavy atom. The summed E-state index contributed by atoms with van der Waals surface area (Å²) in [6, 6.07) is 3.92. The largest absolute Gasteiger partial charge is 0.481 e. The molecule has 110 heavy (non-hydrogen) atoms. The summed E-state index contributed by atoms with van der Waals surface area (Å²) >= 11 is 0. The number of alkyl carbamates (subject to hydrolysis) is 1. The minimum atomic E-state index is -2.07. The summed E-state index contributed by atoms with van der Waals surface area (Å²) in [5, 5.41) is 47.6. The van der Waals surface area contributed by atoms with Crippen LogP contribution in [-0.4, -0.2) is 209 Å². The van der Waals surface area contributed by atoms with Gasteiger partial charge in [0.05, 0.1) is 87.9 Å². The van der Waals surface area contributed by atoms with Crippen LogP contribution in [0.1, 0.15) is 143 Å². The molecular formula is C75H99FN12O22. The predicted molar refractivity (Wildman–Crippen MR) is 391 cm³/mol. The maximum atomic E-state index is 15.4. The minimum absolute atomic E-state index is 0.00181. The van der Waals surface area contributed by atoms with Gasteiger partial charge >= 0.3 is 24.1 Å². The van der Waals surface area contributed by atoms with E-state index in [1.807, 2.05) is 0 Å². The van der Waals surface area contributed by atoms with E-state index in [0.29, 0.717) is 89.3 Å². The lowest BCUT2D eigenvalue weighted by Crippen LogP contribution is -2.58. The van der Waals surface area contributed by atoms with Crippen LogP contribution in [0.4, 0.5) is 19.7 Å². The van der Waals surface area contributed by atoms with E-state index in [4.69, 9.17) is 42.9 Å². The Morgan fingerprint density at radius 2 is 1.46 bits per heavy atom. The Hall–Kier alpha value is -10.2. The molecule has 2 aliphatic carbocycles. The van der Waals surface area contributed by atoms with Crippen LogP contribution in [-0.2, 0) is 113 Å². The number of benzene rings is 2. The molecule has 0 radical (unpaired) electrons. The second-order valence-electron chi connectivity index (χ2n) is 26.9. The number of hydrogen-bond acceptors (Lipinski definition) is 22. The molecule has 35 heteroatoms. The molecule has 4 heterocycles. The van der Waals surface area contributed by atoms with E-state index in [9.17, 15) is 67.7 Å². The number of hydrogen-bond donors (Lipinski definition) is 12. The first-order chi connectivity index (χ1) is 52.9. The topological polar surface area (TPSA) is 457 Å². The normalized spacial score (nSPS) is 16.8. The lowest BCUT2D eigenvalue weighted by molar-refractivity contribution is -0.172. The number of aromatic nitrogens is 2. The van der Waals surface area contributed by atoms with Gasteiger partial charge in [0, 0.05) is 67.7 Å². The molecule has 8 rings (SSSR count). The van der Waals surface area contributed by atoms with Crippen molar-refractivity contribution in [3.05, 3.63) is 91.5 Å². The number of aryl methyl sites for hydroxylation is 1. The molecule has 4 aromatic rings. The van der Waals surface area contributed by atoms with Crippen molar-refractivity contribution in [2.45, 2.75) is 167 Å². The second-order valence-corrected chi connectivity index (χ2v) is 26.9. The number of carbonyl (C=O) groups is 11. The van der Waals surface area contributed by atoms with Gasteiger partial charge in [-0.05, 0) is 111 Å². The maximum absolute atomic E-state index is 15.4. The molecule has 12 N–H and O–H groups in total. The zero-order valence-corrected chi connectivity index (χ0v) is 62.5. The number of amides is 10. The number of aliphatic hydroxyl groups is 1. The number of carboxylic acids is 1. The quantitative estimate of drug-likeness (QED) is 0.0115. The standard InChI is InChI=1S/C75H99FN12O22/c1-6-75(102)52-35-58-67-50(38-88(58)71(98)51(52)40-109-72(75)99)65-54(21-20-49-45(4)53(76)36-57(85-67)64(49)65)83-62(92)41-107-43-81-60(90)37-80-74(101)110-39-46-16-18-47(19-17-46)82-68(95)55(15-12-25-79-73(100)77-5)86-70(97)66(44(2)3)87-69(96)56(22-23-63(93)94)84-59(89)24-27-103-29-31-105-33-34-106-32-30-104-28-26-78-61(91)42-108-48-13-10-8-7-9-11-14-48/h16-19,35-36,44,48,54-56,66,102H,6-10,12-13,15,20-34,37-43H2,1-5H3,(H,78,91)(H,80,101)(H,81,90)(H,82,95)(H,83,92)(H,84,89)(H,86,97)(H,87,96)(H,93,94)(H2,77,79,100)/t48?,54-,55-,56-,66-,75-/m0/s1. The molecule has 2 aliphatic heterocycles. The summed E-state index contributed by atoms with van der Waals surface area (Å²) in [4.78, 5) is 161. The number of cyclic esters (lactones) is 1. The number of fused-ring (bicyclic) bond motifs is 5. The Kier molecular flexibility index (Phi) is 33.1. The van der Waals surface area contributed by atoms with Crippen LogP contribution in [0.25, 0.3) is 22.3 Å². The maximum Gasteiger partial charge on any atom is 0.407 e. The zero-order valence-electron chi connectivity index (χ0n) is 62.5. The molecule has 0 saturated heterocycles. The van der Waals surface area contributed by atoms with Crippen LogP contribution in [0.3, 0.4) is 0 Å². The van der Waals surface area contributed by atoms with Crippen LogP contribution in [0, 0.1) is 30.5 Å². The van der Waals surface area contributed by atoms with Gasteiger partial charge in [0.25, 0.3) is 5.56 Å². The van der Waals surface area contributed by atoms with Crippen molar-refractivity contribution in [1.82, 2.24) is 57.4 Å². The molecule has 0 fully saturated rings. The second kappa shape index (κ2) is 42.7. The first kappa shape index (κ1) is 85.4. The number of carboxylic acid groups (broad SMARTS) is 1. The Balaban J connectivity index is 0.724. The smallest absolute Gasteiger partial charge is 0.407 e. The van der Waals surface area contributed by atoms with Gasteiger partial charge in [-0.25, -0.2) is 23.8 Å². The fourth-order valence-electron chi connectivity index (χ4n) is 12.8. The summed E-state index contributed by atoms with van der Waals surface area (Å²) in [5.41, 5.74) is 1.75. The van der Waals surface area contributed by atoms with E-state index in [2.05, 4.69) is 65.0 Å². The summed E-state index contributed by atoms with van der Waals surface area (Å²) in [6.45, 7) is 6.57. The van der Waals surface area contributed by atoms with Gasteiger partial charge in [-0.2, -0.15) is 0 Å². The summed E-state index contributed by atoms with van der Waals surface area (Å²) in [6.07, 6.45) is 3.56. The fourth-order valence-corrected chi connectivity index (χ4v) is 12.8. The number of anilines is 1. The minimum Gasteiger partial charge on any atom is -0.481 e. The van der Waals surface area contributed by atoms with Gasteiger partial charge in [-0.1, -0.05) is 45.2 Å². The third kappa shape index (κ3) is 24.6. The number of nitrogens with zero attached hydrogens (tertiary/aromatic N) is 2. The molecule has 2 aromatic carbocycles. The number of esters is 1. The molecule has 10 amide bonds. The molecule has 4 aliphatic rings. The van der Waals surface area contributed by atoms with Crippen molar-refractivity contribution in [3.8, 4) is 23.2 Å². The van der Waals surface area contributed by atoms with Gasteiger partial charge in [0.15, 0.2) is 5.60 Å². The molecular weight excluding hydrogens is 1440 g/mol. The van der Waals surface area contributed by atoms with Crippen molar-refractivity contribution in [1.29, 1.82) is 0 Å². The molecule has 598 valence electrons. The lowest BCUT2D eigenvalue weighted by Gasteiger charge is -2.31. The SMILES string of the molecule is CC[C@@]1(O)C(=O)OCc2c1cc1n(c2=O)Cc2c-1nc1cc(F)c(C)c3c1c2[C@@H](NC(=O)COCNC(=O)CNC(=O)OCc1ccc(NC(=O)[C@H](CCCNC(=O)NC)NC(=O)[C@@H](NC(=O)[C@H](CCC(=O)O)NC(=O)CCOCCOCCOCCOCCNC(=O)COC2C#CCCCCC2)C(C)C)cc1)CC3. The van der Waals surface area contributed by atoms with Crippen LogP contribution in [0.2, 0.25) is 0 Å². The Morgan fingerprint density at radius 1 is 0.745 bits per heavy atom. The van der Waals surface area contributed by atoms with Gasteiger partial charge in [-0.15, -0.1) is 5.92 Å². The van der Waals surface area contributed by atoms with E-state index in [0.717, 1.165) is 32.1 Å². The van der Waals surface area contributed by atoms with Gasteiger partial charge in [-0.3, -0.25) is 43.2 Å². The van der Waals surface area contributed by atoms with E-state index < -0.39 is 133 Å². The highest BCUT2D eigenvalue weighted by Crippen LogP contribution is 2.46. The number of rotatable bonds is 43. The van der Waals surface area contributed by atoms with Crippen molar-refractivity contribution >= 4 is 82.0 Å². The van der Waals surface area contributed by atoms with Gasteiger partial charge in [0.2, 0.25) is 41.4 Å². The number of urea groups is 1. The number of pyridine rings is 2. The Labute approximate surface area is 634 Å². The van der Waals surface area contributed by atoms with Crippen molar-refractivity contribution in [2.75, 3.05) is 105 Å². The number of halogens is 1. The van der Waals surface area contributed by atoms with Gasteiger partial charge < -0.3 is 106 Å². The number of carbonyl (C=O) groups excluding carboxylic acids is 10. The Bertz CT molecular complexity index is 4090. The van der Waals surface area contributed by atoms with Gasteiger partial charge in [0.1, 0.15) is 69.7 Å². The van der Waals surface area contributed by atoms with Crippen LogP contribution in [0.5, 0.6) is 0 Å². The molecule has 0 saturated carbocycles. The first-order valence-electron chi connectivity index (χ1n) is 36.9. The molecule has 34 nitrogen and oxygen atoms in total. The number of ether oxygens (including phenoxy) is 8. The summed E-state index contributed by atoms with van der Waals surface area (Å²) < 4.78 is 60.5. The predicted octanol–water partition coefficient (Wildman–Crippen LogP) is 2.20.